The predicted molar refractivity (Wildman–Crippen MR) is 126 cm³/mol. The fourth-order valence-corrected chi connectivity index (χ4v) is 4.65. The summed E-state index contributed by atoms with van der Waals surface area (Å²) in [6, 6.07) is 8.30. The summed E-state index contributed by atoms with van der Waals surface area (Å²) in [6.45, 7) is 6.57. The first kappa shape index (κ1) is 20.4. The smallest absolute Gasteiger partial charge is 0.254 e. The Labute approximate surface area is 189 Å². The van der Waals surface area contributed by atoms with Crippen LogP contribution in [-0.2, 0) is 11.4 Å². The SMILES string of the molecule is CCC(C(=O)Nc1nccs1)=C1c2cc3cnn(C(C)C)c3cc2COc2ncccc21. The van der Waals surface area contributed by atoms with Crippen LogP contribution in [0.2, 0.25) is 0 Å². The van der Waals surface area contributed by atoms with Crippen molar-refractivity contribution in [2.45, 2.75) is 39.8 Å². The predicted octanol–water partition coefficient (Wildman–Crippen LogP) is 5.21. The third-order valence-corrected chi connectivity index (χ3v) is 6.25. The van der Waals surface area contributed by atoms with Gasteiger partial charge in [-0.25, -0.2) is 9.97 Å². The van der Waals surface area contributed by atoms with Crippen molar-refractivity contribution in [2.75, 3.05) is 5.32 Å². The molecule has 0 unspecified atom stereocenters. The van der Waals surface area contributed by atoms with Gasteiger partial charge in [0.25, 0.3) is 5.91 Å². The molecule has 8 heteroatoms. The van der Waals surface area contributed by atoms with Crippen LogP contribution in [0.1, 0.15) is 49.9 Å². The van der Waals surface area contributed by atoms with Crippen LogP contribution in [0.4, 0.5) is 5.13 Å². The number of ether oxygens (including phenoxy) is 1. The maximum absolute atomic E-state index is 13.3. The maximum atomic E-state index is 13.3. The van der Waals surface area contributed by atoms with Crippen molar-refractivity contribution < 1.29 is 9.53 Å². The Bertz CT molecular complexity index is 1340. The highest BCUT2D eigenvalue weighted by Crippen LogP contribution is 2.40. The molecular weight excluding hydrogens is 422 g/mol. The van der Waals surface area contributed by atoms with Crippen LogP contribution in [0.25, 0.3) is 16.5 Å². The van der Waals surface area contributed by atoms with Crippen LogP contribution >= 0.6 is 11.3 Å². The van der Waals surface area contributed by atoms with Gasteiger partial charge in [0.1, 0.15) is 6.61 Å². The van der Waals surface area contributed by atoms with E-state index in [0.717, 1.165) is 33.2 Å². The molecule has 1 aliphatic heterocycles. The van der Waals surface area contributed by atoms with Gasteiger partial charge < -0.3 is 4.74 Å². The number of anilines is 1. The summed E-state index contributed by atoms with van der Waals surface area (Å²) in [7, 11) is 0. The van der Waals surface area contributed by atoms with Crippen molar-refractivity contribution >= 4 is 38.9 Å². The normalized spacial score (nSPS) is 14.5. The molecule has 0 saturated carbocycles. The molecule has 5 rings (SSSR count). The molecule has 7 nitrogen and oxygen atoms in total. The average Bonchev–Trinajstić information content (AvgIpc) is 3.41. The van der Waals surface area contributed by atoms with E-state index in [9.17, 15) is 4.79 Å². The number of benzene rings is 1. The number of fused-ring (bicyclic) bond motifs is 3. The second-order valence-corrected chi connectivity index (χ2v) is 8.79. The molecule has 1 aromatic carbocycles. The number of nitrogens with one attached hydrogen (secondary N) is 1. The molecule has 162 valence electrons. The second-order valence-electron chi connectivity index (χ2n) is 7.89. The van der Waals surface area contributed by atoms with E-state index in [-0.39, 0.29) is 11.9 Å². The average molecular weight is 446 g/mol. The zero-order valence-electron chi connectivity index (χ0n) is 18.1. The Morgan fingerprint density at radius 3 is 2.88 bits per heavy atom. The van der Waals surface area contributed by atoms with Gasteiger partial charge >= 0.3 is 0 Å². The lowest BCUT2D eigenvalue weighted by atomic mass is 9.89. The van der Waals surface area contributed by atoms with E-state index in [1.807, 2.05) is 35.3 Å². The van der Waals surface area contributed by atoms with Crippen molar-refractivity contribution in [3.8, 4) is 5.88 Å². The minimum Gasteiger partial charge on any atom is -0.472 e. The molecule has 0 saturated heterocycles. The summed E-state index contributed by atoms with van der Waals surface area (Å²) in [4.78, 5) is 22.0. The lowest BCUT2D eigenvalue weighted by Gasteiger charge is -2.16. The molecule has 0 fully saturated rings. The number of hydrogen-bond acceptors (Lipinski definition) is 6. The number of aromatic nitrogens is 4. The fourth-order valence-electron chi connectivity index (χ4n) is 4.12. The number of amides is 1. The van der Waals surface area contributed by atoms with Gasteiger partial charge in [-0.2, -0.15) is 5.10 Å². The minimum atomic E-state index is -0.168. The van der Waals surface area contributed by atoms with Crippen molar-refractivity contribution in [1.82, 2.24) is 19.7 Å². The lowest BCUT2D eigenvalue weighted by Crippen LogP contribution is -2.16. The third-order valence-electron chi connectivity index (χ3n) is 5.57. The Kier molecular flexibility index (Phi) is 5.22. The van der Waals surface area contributed by atoms with Gasteiger partial charge in [-0.1, -0.05) is 6.92 Å². The van der Waals surface area contributed by atoms with Gasteiger partial charge in [-0.3, -0.25) is 14.8 Å². The zero-order chi connectivity index (χ0) is 22.2. The first-order valence-corrected chi connectivity index (χ1v) is 11.5. The number of carbonyl (C=O) groups is 1. The van der Waals surface area contributed by atoms with Crippen LogP contribution in [0.15, 0.2) is 53.8 Å². The molecule has 1 amide bonds. The van der Waals surface area contributed by atoms with E-state index in [1.165, 1.54) is 11.3 Å². The van der Waals surface area contributed by atoms with Gasteiger partial charge in [-0.15, -0.1) is 11.3 Å². The number of nitrogens with zero attached hydrogens (tertiary/aromatic N) is 4. The molecule has 4 aromatic rings. The highest BCUT2D eigenvalue weighted by molar-refractivity contribution is 7.13. The zero-order valence-corrected chi connectivity index (χ0v) is 18.9. The molecule has 0 atom stereocenters. The molecule has 1 N–H and O–H groups in total. The van der Waals surface area contributed by atoms with Crippen molar-refractivity contribution in [3.05, 3.63) is 70.5 Å². The number of thiazole rings is 1. The van der Waals surface area contributed by atoms with Crippen LogP contribution < -0.4 is 10.1 Å². The Morgan fingerprint density at radius 2 is 2.12 bits per heavy atom. The molecule has 0 bridgehead atoms. The monoisotopic (exact) mass is 445 g/mol. The number of rotatable bonds is 4. The molecular formula is C24H23N5O2S. The maximum Gasteiger partial charge on any atom is 0.254 e. The molecule has 4 heterocycles. The first-order valence-electron chi connectivity index (χ1n) is 10.6. The summed E-state index contributed by atoms with van der Waals surface area (Å²) in [5.41, 5.74) is 5.34. The van der Waals surface area contributed by atoms with Gasteiger partial charge in [0.05, 0.1) is 11.7 Å². The molecule has 1 aliphatic rings. The number of pyridine rings is 1. The van der Waals surface area contributed by atoms with E-state index < -0.39 is 0 Å². The summed E-state index contributed by atoms with van der Waals surface area (Å²) >= 11 is 1.39. The van der Waals surface area contributed by atoms with E-state index in [0.29, 0.717) is 29.6 Å². The van der Waals surface area contributed by atoms with E-state index in [2.05, 4.69) is 46.4 Å². The quantitative estimate of drug-likeness (QED) is 0.436. The van der Waals surface area contributed by atoms with Gasteiger partial charge in [-0.05, 0) is 55.7 Å². The fraction of sp³-hybridized carbons (Fsp3) is 0.250. The third kappa shape index (κ3) is 3.46. The summed E-state index contributed by atoms with van der Waals surface area (Å²) in [5, 5.41) is 11.0. The van der Waals surface area contributed by atoms with E-state index >= 15 is 0 Å². The summed E-state index contributed by atoms with van der Waals surface area (Å²) < 4.78 is 8.10. The molecule has 0 radical (unpaired) electrons. The molecule has 0 aliphatic carbocycles. The number of hydrogen-bond donors (Lipinski definition) is 1. The lowest BCUT2D eigenvalue weighted by molar-refractivity contribution is -0.112. The highest BCUT2D eigenvalue weighted by Gasteiger charge is 2.27. The van der Waals surface area contributed by atoms with E-state index in [4.69, 9.17) is 4.74 Å². The molecule has 3 aromatic heterocycles. The summed E-state index contributed by atoms with van der Waals surface area (Å²) in [5.74, 6) is 0.360. The Balaban J connectivity index is 1.76. The van der Waals surface area contributed by atoms with Crippen molar-refractivity contribution in [2.24, 2.45) is 0 Å². The molecule has 32 heavy (non-hydrogen) atoms. The number of carbonyl (C=O) groups excluding carboxylic acids is 1. The Hall–Kier alpha value is -3.52. The van der Waals surface area contributed by atoms with Crippen molar-refractivity contribution in [1.29, 1.82) is 0 Å². The van der Waals surface area contributed by atoms with E-state index in [1.54, 1.807) is 12.4 Å². The van der Waals surface area contributed by atoms with Gasteiger partial charge in [0, 0.05) is 45.9 Å². The van der Waals surface area contributed by atoms with Crippen LogP contribution in [0, 0.1) is 0 Å². The topological polar surface area (TPSA) is 81.9 Å². The van der Waals surface area contributed by atoms with Crippen LogP contribution in [-0.4, -0.2) is 25.7 Å². The Morgan fingerprint density at radius 1 is 1.25 bits per heavy atom. The highest BCUT2D eigenvalue weighted by atomic mass is 32.1. The first-order chi connectivity index (χ1) is 15.6. The largest absolute Gasteiger partial charge is 0.472 e. The minimum absolute atomic E-state index is 0.168. The van der Waals surface area contributed by atoms with Crippen LogP contribution in [0.5, 0.6) is 5.88 Å². The van der Waals surface area contributed by atoms with Crippen molar-refractivity contribution in [3.63, 3.8) is 0 Å². The second kappa shape index (κ2) is 8.20. The van der Waals surface area contributed by atoms with Gasteiger partial charge in [0.2, 0.25) is 5.88 Å². The van der Waals surface area contributed by atoms with Gasteiger partial charge in [0.15, 0.2) is 5.13 Å². The summed E-state index contributed by atoms with van der Waals surface area (Å²) in [6.07, 6.45) is 5.81. The molecule has 0 spiro atoms. The van der Waals surface area contributed by atoms with Crippen LogP contribution in [0.3, 0.4) is 0 Å². The standard InChI is InChI=1S/C24H23N5O2S/c1-4-17(22(30)28-24-26-8-9-32-24)21-18-6-5-7-25-23(18)31-13-16-11-20-15(10-19(16)21)12-27-29(20)14(2)3/h5-12,14H,4,13H2,1-3H3,(H,26,28,30).